The number of Topliss-reactive ketones (excluding diaryl/α,β-unsaturated/α-hetero) is 1. The van der Waals surface area contributed by atoms with Gasteiger partial charge in [-0.25, -0.2) is 0 Å². The van der Waals surface area contributed by atoms with Crippen molar-refractivity contribution in [3.05, 3.63) is 58.6 Å². The van der Waals surface area contributed by atoms with E-state index in [9.17, 15) is 4.79 Å². The molecule has 1 saturated carbocycles. The molecule has 0 N–H and O–H groups in total. The van der Waals surface area contributed by atoms with Crippen molar-refractivity contribution in [2.45, 2.75) is 62.3 Å². The van der Waals surface area contributed by atoms with E-state index in [-0.39, 0.29) is 10.7 Å². The standard InChI is InChI=1S/C24H26BrN3OS/c1-24(2,3)17-10-8-16(9-11-17)22-26-27-23(30-21-7-5-4-6-20(21)29)28(22)19-14-12-18(25)13-15-19/h8-15,21H,4-7H2,1-3H3/t21-/m1/s1. The molecule has 30 heavy (non-hydrogen) atoms. The van der Waals surface area contributed by atoms with Gasteiger partial charge in [0.15, 0.2) is 11.0 Å². The molecule has 1 aromatic heterocycles. The van der Waals surface area contributed by atoms with Crippen LogP contribution in [-0.2, 0) is 10.2 Å². The molecule has 0 aliphatic heterocycles. The van der Waals surface area contributed by atoms with Gasteiger partial charge < -0.3 is 0 Å². The average molecular weight is 484 g/mol. The highest BCUT2D eigenvalue weighted by Gasteiger charge is 2.27. The van der Waals surface area contributed by atoms with E-state index in [2.05, 4.69) is 75.7 Å². The molecule has 1 atom stereocenters. The van der Waals surface area contributed by atoms with Crippen LogP contribution in [0.4, 0.5) is 0 Å². The van der Waals surface area contributed by atoms with Gasteiger partial charge in [-0.2, -0.15) is 0 Å². The van der Waals surface area contributed by atoms with Crippen LogP contribution < -0.4 is 0 Å². The van der Waals surface area contributed by atoms with Gasteiger partial charge in [0, 0.05) is 22.1 Å². The van der Waals surface area contributed by atoms with Gasteiger partial charge in [-0.3, -0.25) is 9.36 Å². The van der Waals surface area contributed by atoms with Gasteiger partial charge in [-0.1, -0.05) is 79.1 Å². The van der Waals surface area contributed by atoms with E-state index in [1.54, 1.807) is 11.8 Å². The molecule has 4 nitrogen and oxygen atoms in total. The van der Waals surface area contributed by atoms with Gasteiger partial charge in [0.1, 0.15) is 5.78 Å². The summed E-state index contributed by atoms with van der Waals surface area (Å²) in [6, 6.07) is 16.7. The fourth-order valence-corrected chi connectivity index (χ4v) is 5.12. The maximum Gasteiger partial charge on any atom is 0.196 e. The minimum Gasteiger partial charge on any atom is -0.298 e. The molecule has 6 heteroatoms. The summed E-state index contributed by atoms with van der Waals surface area (Å²) in [4.78, 5) is 12.4. The third-order valence-corrected chi connectivity index (χ3v) is 7.26. The zero-order chi connectivity index (χ0) is 21.3. The predicted molar refractivity (Wildman–Crippen MR) is 126 cm³/mol. The van der Waals surface area contributed by atoms with E-state index < -0.39 is 0 Å². The van der Waals surface area contributed by atoms with Gasteiger partial charge in [0.05, 0.1) is 5.25 Å². The Morgan fingerprint density at radius 3 is 2.33 bits per heavy atom. The number of aromatic nitrogens is 3. The van der Waals surface area contributed by atoms with Crippen LogP contribution in [0.15, 0.2) is 58.2 Å². The van der Waals surface area contributed by atoms with E-state index in [0.29, 0.717) is 12.2 Å². The van der Waals surface area contributed by atoms with Crippen molar-refractivity contribution in [1.82, 2.24) is 14.8 Å². The molecule has 1 aliphatic rings. The molecule has 4 rings (SSSR count). The van der Waals surface area contributed by atoms with Crippen molar-refractivity contribution >= 4 is 33.5 Å². The van der Waals surface area contributed by atoms with E-state index in [1.807, 2.05) is 24.3 Å². The summed E-state index contributed by atoms with van der Waals surface area (Å²) >= 11 is 5.06. The molecule has 0 amide bonds. The summed E-state index contributed by atoms with van der Waals surface area (Å²) in [5.41, 5.74) is 3.38. The second-order valence-electron chi connectivity index (χ2n) is 8.76. The first-order chi connectivity index (χ1) is 14.3. The van der Waals surface area contributed by atoms with Gasteiger partial charge in [-0.05, 0) is 48.1 Å². The van der Waals surface area contributed by atoms with Crippen LogP contribution in [0.1, 0.15) is 52.0 Å². The van der Waals surface area contributed by atoms with Crippen LogP contribution in [0.2, 0.25) is 0 Å². The highest BCUT2D eigenvalue weighted by Crippen LogP contribution is 2.35. The molecule has 2 aromatic carbocycles. The summed E-state index contributed by atoms with van der Waals surface area (Å²) in [5.74, 6) is 1.12. The first-order valence-electron chi connectivity index (χ1n) is 10.3. The highest BCUT2D eigenvalue weighted by molar-refractivity contribution is 9.10. The number of rotatable bonds is 4. The van der Waals surface area contributed by atoms with E-state index in [4.69, 9.17) is 0 Å². The third-order valence-electron chi connectivity index (χ3n) is 5.47. The second kappa shape index (κ2) is 8.67. The van der Waals surface area contributed by atoms with Crippen molar-refractivity contribution in [2.75, 3.05) is 0 Å². The third kappa shape index (κ3) is 4.54. The van der Waals surface area contributed by atoms with Crippen LogP contribution in [-0.4, -0.2) is 25.8 Å². The Morgan fingerprint density at radius 1 is 1.00 bits per heavy atom. The average Bonchev–Trinajstić information content (AvgIpc) is 3.13. The molecule has 0 saturated heterocycles. The van der Waals surface area contributed by atoms with Crippen LogP contribution >= 0.6 is 27.7 Å². The molecule has 156 valence electrons. The number of ketones is 1. The Hall–Kier alpha value is -1.92. The lowest BCUT2D eigenvalue weighted by Crippen LogP contribution is -2.21. The largest absolute Gasteiger partial charge is 0.298 e. The predicted octanol–water partition coefficient (Wildman–Crippen LogP) is 6.60. The molecule has 1 fully saturated rings. The van der Waals surface area contributed by atoms with Crippen molar-refractivity contribution in [3.8, 4) is 17.1 Å². The summed E-state index contributed by atoms with van der Waals surface area (Å²) in [7, 11) is 0. The zero-order valence-corrected chi connectivity index (χ0v) is 20.0. The summed E-state index contributed by atoms with van der Waals surface area (Å²) in [6.07, 6.45) is 3.68. The normalized spacial score (nSPS) is 17.3. The number of halogens is 1. The van der Waals surface area contributed by atoms with Gasteiger partial charge in [-0.15, -0.1) is 10.2 Å². The Balaban J connectivity index is 1.76. The van der Waals surface area contributed by atoms with Crippen molar-refractivity contribution < 1.29 is 4.79 Å². The lowest BCUT2D eigenvalue weighted by molar-refractivity contribution is -0.119. The SMILES string of the molecule is CC(C)(C)c1ccc(-c2nnc(S[C@@H]3CCCCC3=O)n2-c2ccc(Br)cc2)cc1. The van der Waals surface area contributed by atoms with E-state index in [0.717, 1.165) is 46.0 Å². The van der Waals surface area contributed by atoms with Crippen molar-refractivity contribution in [1.29, 1.82) is 0 Å². The van der Waals surface area contributed by atoms with E-state index in [1.165, 1.54) is 5.56 Å². The fourth-order valence-electron chi connectivity index (χ4n) is 3.68. The topological polar surface area (TPSA) is 47.8 Å². The Kier molecular flexibility index (Phi) is 6.16. The maximum absolute atomic E-state index is 12.4. The number of carbonyl (C=O) groups excluding carboxylic acids is 1. The Morgan fingerprint density at radius 2 is 1.70 bits per heavy atom. The quantitative estimate of drug-likeness (QED) is 0.419. The first kappa shape index (κ1) is 21.3. The molecular formula is C24H26BrN3OS. The van der Waals surface area contributed by atoms with Gasteiger partial charge in [0.2, 0.25) is 0 Å². The second-order valence-corrected chi connectivity index (χ2v) is 10.8. The molecule has 1 aliphatic carbocycles. The monoisotopic (exact) mass is 483 g/mol. The molecule has 0 spiro atoms. The number of benzene rings is 2. The minimum absolute atomic E-state index is 0.0340. The zero-order valence-electron chi connectivity index (χ0n) is 17.6. The van der Waals surface area contributed by atoms with Gasteiger partial charge in [0.25, 0.3) is 0 Å². The van der Waals surface area contributed by atoms with Gasteiger partial charge >= 0.3 is 0 Å². The smallest absolute Gasteiger partial charge is 0.196 e. The Bertz CT molecular complexity index is 1040. The number of carbonyl (C=O) groups is 1. The van der Waals surface area contributed by atoms with Crippen molar-refractivity contribution in [3.63, 3.8) is 0 Å². The fraction of sp³-hybridized carbons (Fsp3) is 0.375. The molecule has 0 radical (unpaired) electrons. The van der Waals surface area contributed by atoms with Crippen LogP contribution in [0, 0.1) is 0 Å². The number of hydrogen-bond acceptors (Lipinski definition) is 4. The maximum atomic E-state index is 12.4. The lowest BCUT2D eigenvalue weighted by atomic mass is 9.87. The lowest BCUT2D eigenvalue weighted by Gasteiger charge is -2.20. The summed E-state index contributed by atoms with van der Waals surface area (Å²) in [5, 5.41) is 9.78. The Labute approximate surface area is 190 Å². The minimum atomic E-state index is -0.0340. The number of nitrogens with zero attached hydrogens (tertiary/aromatic N) is 3. The highest BCUT2D eigenvalue weighted by atomic mass is 79.9. The number of thioether (sulfide) groups is 1. The van der Waals surface area contributed by atoms with Crippen molar-refractivity contribution in [2.24, 2.45) is 0 Å². The van der Waals surface area contributed by atoms with Crippen LogP contribution in [0.5, 0.6) is 0 Å². The van der Waals surface area contributed by atoms with Crippen LogP contribution in [0.3, 0.4) is 0 Å². The van der Waals surface area contributed by atoms with E-state index >= 15 is 0 Å². The molecule has 0 bridgehead atoms. The van der Waals surface area contributed by atoms with Crippen LogP contribution in [0.25, 0.3) is 17.1 Å². The first-order valence-corrected chi connectivity index (χ1v) is 12.0. The molecule has 1 heterocycles. The summed E-state index contributed by atoms with van der Waals surface area (Å²) in [6.45, 7) is 6.63. The summed E-state index contributed by atoms with van der Waals surface area (Å²) < 4.78 is 3.09. The molecule has 0 unspecified atom stereocenters. The molecule has 3 aromatic rings. The molecular weight excluding hydrogens is 458 g/mol. The number of hydrogen-bond donors (Lipinski definition) is 0.